The highest BCUT2D eigenvalue weighted by Gasteiger charge is 2.12. The number of hydrogen-bond acceptors (Lipinski definition) is 4. The maximum Gasteiger partial charge on any atom is 0.275 e. The number of nitrogens with zero attached hydrogens (tertiary/aromatic N) is 2. The lowest BCUT2D eigenvalue weighted by molar-refractivity contribution is 0.0952. The van der Waals surface area contributed by atoms with E-state index in [1.54, 1.807) is 31.5 Å². The maximum absolute atomic E-state index is 12.1. The Morgan fingerprint density at radius 2 is 2.00 bits per heavy atom. The van der Waals surface area contributed by atoms with E-state index in [-0.39, 0.29) is 5.91 Å². The number of aromatic nitrogens is 1. The topological polar surface area (TPSA) is 63.6 Å². The van der Waals surface area contributed by atoms with Crippen molar-refractivity contribution >= 4 is 23.2 Å². The Morgan fingerprint density at radius 1 is 1.29 bits per heavy atom. The maximum atomic E-state index is 12.1. The molecule has 1 N–H and O–H groups in total. The van der Waals surface area contributed by atoms with Gasteiger partial charge in [0, 0.05) is 23.0 Å². The molecule has 5 nitrogen and oxygen atoms in total. The molecule has 1 heterocycles. The lowest BCUT2D eigenvalue weighted by Crippen LogP contribution is -2.20. The molecule has 1 aromatic heterocycles. The summed E-state index contributed by atoms with van der Waals surface area (Å²) >= 11 is 5.90. The number of pyridine rings is 1. The molecule has 21 heavy (non-hydrogen) atoms. The van der Waals surface area contributed by atoms with Crippen molar-refractivity contribution in [2.24, 2.45) is 5.10 Å². The number of hydrogen-bond donors (Lipinski definition) is 1. The van der Waals surface area contributed by atoms with Crippen molar-refractivity contribution in [3.63, 3.8) is 0 Å². The summed E-state index contributed by atoms with van der Waals surface area (Å²) in [6.07, 6.45) is 3.33. The fourth-order valence-electron chi connectivity index (χ4n) is 1.71. The quantitative estimate of drug-likeness (QED) is 0.698. The molecule has 0 aliphatic rings. The minimum absolute atomic E-state index is 0.330. The van der Waals surface area contributed by atoms with Crippen LogP contribution in [0.3, 0.4) is 0 Å². The highest BCUT2D eigenvalue weighted by Crippen LogP contribution is 2.22. The zero-order valence-electron chi connectivity index (χ0n) is 11.6. The first kappa shape index (κ1) is 15.0. The van der Waals surface area contributed by atoms with Gasteiger partial charge in [-0.15, -0.1) is 0 Å². The zero-order valence-corrected chi connectivity index (χ0v) is 12.4. The highest BCUT2D eigenvalue weighted by molar-refractivity contribution is 6.31. The van der Waals surface area contributed by atoms with Crippen LogP contribution in [0.2, 0.25) is 5.02 Å². The predicted molar refractivity (Wildman–Crippen MR) is 81.9 cm³/mol. The van der Waals surface area contributed by atoms with Gasteiger partial charge in [0.1, 0.15) is 5.75 Å². The first-order chi connectivity index (χ1) is 10.1. The molecular weight excluding hydrogens is 290 g/mol. The van der Waals surface area contributed by atoms with Crippen LogP contribution >= 0.6 is 11.6 Å². The van der Waals surface area contributed by atoms with E-state index in [1.165, 1.54) is 13.2 Å². The number of rotatable bonds is 4. The molecule has 0 aliphatic carbocycles. The van der Waals surface area contributed by atoms with E-state index in [1.807, 2.05) is 12.1 Å². The Labute approximate surface area is 127 Å². The van der Waals surface area contributed by atoms with Gasteiger partial charge in [-0.3, -0.25) is 9.78 Å². The number of ether oxygens (including phenoxy) is 1. The average Bonchev–Trinajstić information content (AvgIpc) is 2.53. The van der Waals surface area contributed by atoms with Gasteiger partial charge in [-0.1, -0.05) is 11.6 Å². The highest BCUT2D eigenvalue weighted by atomic mass is 35.5. The smallest absolute Gasteiger partial charge is 0.275 e. The van der Waals surface area contributed by atoms with Crippen molar-refractivity contribution in [3.8, 4) is 5.75 Å². The van der Waals surface area contributed by atoms with Crippen LogP contribution < -0.4 is 10.2 Å². The third-order valence-corrected chi connectivity index (χ3v) is 3.06. The molecule has 0 atom stereocenters. The molecule has 6 heteroatoms. The molecule has 2 rings (SSSR count). The van der Waals surface area contributed by atoms with Gasteiger partial charge in [0.05, 0.1) is 18.4 Å². The van der Waals surface area contributed by atoms with E-state index in [2.05, 4.69) is 15.5 Å². The molecular formula is C15H14ClN3O2. The Hall–Kier alpha value is -2.40. The number of nitrogens with one attached hydrogen (secondary N) is 1. The molecule has 0 unspecified atom stereocenters. The van der Waals surface area contributed by atoms with Crippen LogP contribution in [-0.2, 0) is 0 Å². The average molecular weight is 304 g/mol. The second-order valence-corrected chi connectivity index (χ2v) is 4.66. The van der Waals surface area contributed by atoms with Gasteiger partial charge in [-0.25, -0.2) is 5.43 Å². The van der Waals surface area contributed by atoms with Gasteiger partial charge in [-0.2, -0.15) is 5.10 Å². The van der Waals surface area contributed by atoms with Gasteiger partial charge in [0.2, 0.25) is 0 Å². The molecule has 1 amide bonds. The van der Waals surface area contributed by atoms with Crippen LogP contribution in [0.15, 0.2) is 47.8 Å². The van der Waals surface area contributed by atoms with Crippen molar-refractivity contribution < 1.29 is 9.53 Å². The first-order valence-electron chi connectivity index (χ1n) is 6.20. The minimum Gasteiger partial charge on any atom is -0.496 e. The first-order valence-corrected chi connectivity index (χ1v) is 6.58. The van der Waals surface area contributed by atoms with E-state index in [0.717, 1.165) is 5.56 Å². The summed E-state index contributed by atoms with van der Waals surface area (Å²) in [6, 6.07) is 8.45. The monoisotopic (exact) mass is 303 g/mol. The van der Waals surface area contributed by atoms with Gasteiger partial charge >= 0.3 is 0 Å². The van der Waals surface area contributed by atoms with E-state index in [0.29, 0.717) is 22.0 Å². The van der Waals surface area contributed by atoms with E-state index in [9.17, 15) is 4.79 Å². The molecule has 0 spiro atoms. The molecule has 0 fully saturated rings. The second kappa shape index (κ2) is 6.85. The Balaban J connectivity index is 2.17. The van der Waals surface area contributed by atoms with Gasteiger partial charge in [0.25, 0.3) is 5.91 Å². The molecule has 0 aliphatic heterocycles. The number of benzene rings is 1. The van der Waals surface area contributed by atoms with Crippen LogP contribution in [0, 0.1) is 0 Å². The van der Waals surface area contributed by atoms with Crippen molar-refractivity contribution in [2.45, 2.75) is 6.92 Å². The molecule has 0 saturated heterocycles. The van der Waals surface area contributed by atoms with Crippen molar-refractivity contribution in [1.29, 1.82) is 0 Å². The van der Waals surface area contributed by atoms with Crippen molar-refractivity contribution in [3.05, 3.63) is 58.9 Å². The van der Waals surface area contributed by atoms with Crippen molar-refractivity contribution in [1.82, 2.24) is 10.4 Å². The van der Waals surface area contributed by atoms with Gasteiger partial charge in [0.15, 0.2) is 0 Å². The predicted octanol–water partition coefficient (Wildman–Crippen LogP) is 2.90. The lowest BCUT2D eigenvalue weighted by atomic mass is 10.2. The molecule has 0 saturated carbocycles. The Bertz CT molecular complexity index is 672. The Kier molecular flexibility index (Phi) is 4.90. The summed E-state index contributed by atoms with van der Waals surface area (Å²) in [5.41, 5.74) is 4.37. The summed E-state index contributed by atoms with van der Waals surface area (Å²) in [5.74, 6) is 0.0522. The van der Waals surface area contributed by atoms with E-state index >= 15 is 0 Å². The van der Waals surface area contributed by atoms with E-state index in [4.69, 9.17) is 16.3 Å². The summed E-state index contributed by atoms with van der Waals surface area (Å²) in [6.45, 7) is 1.80. The number of methoxy groups -OCH3 is 1. The third-order valence-electron chi connectivity index (χ3n) is 2.83. The lowest BCUT2D eigenvalue weighted by Gasteiger charge is -2.08. The van der Waals surface area contributed by atoms with E-state index < -0.39 is 0 Å². The van der Waals surface area contributed by atoms with Crippen molar-refractivity contribution in [2.75, 3.05) is 7.11 Å². The van der Waals surface area contributed by atoms with Crippen LogP contribution in [0.5, 0.6) is 5.75 Å². The third kappa shape index (κ3) is 3.79. The molecule has 0 bridgehead atoms. The van der Waals surface area contributed by atoms with Crippen LogP contribution in [0.25, 0.3) is 0 Å². The van der Waals surface area contributed by atoms with Gasteiger partial charge < -0.3 is 4.74 Å². The Morgan fingerprint density at radius 3 is 2.67 bits per heavy atom. The van der Waals surface area contributed by atoms with Crippen LogP contribution in [-0.4, -0.2) is 23.7 Å². The minimum atomic E-state index is -0.386. The summed E-state index contributed by atoms with van der Waals surface area (Å²) in [7, 11) is 1.49. The number of halogens is 1. The fraction of sp³-hybridized carbons (Fsp3) is 0.133. The van der Waals surface area contributed by atoms with Gasteiger partial charge in [-0.05, 0) is 37.3 Å². The fourth-order valence-corrected chi connectivity index (χ4v) is 1.88. The number of amides is 1. The summed E-state index contributed by atoms with van der Waals surface area (Å²) < 4.78 is 5.14. The summed E-state index contributed by atoms with van der Waals surface area (Å²) in [5, 5.41) is 4.52. The largest absolute Gasteiger partial charge is 0.496 e. The molecule has 2 aromatic rings. The normalized spacial score (nSPS) is 11.1. The molecule has 0 radical (unpaired) electrons. The molecule has 108 valence electrons. The molecule has 1 aromatic carbocycles. The number of carbonyl (C=O) groups excluding carboxylic acids is 1. The zero-order chi connectivity index (χ0) is 15.2. The van der Waals surface area contributed by atoms with Crippen LogP contribution in [0.1, 0.15) is 22.8 Å². The SMILES string of the molecule is COc1ccc(Cl)cc1C(=O)N/N=C(\C)c1ccncc1. The number of carbonyl (C=O) groups is 1. The standard InChI is InChI=1S/C15H14ClN3O2/c1-10(11-5-7-17-8-6-11)18-19-15(20)13-9-12(16)3-4-14(13)21-2/h3-9H,1-2H3,(H,19,20)/b18-10+. The number of hydrazone groups is 1. The summed E-state index contributed by atoms with van der Waals surface area (Å²) in [4.78, 5) is 16.1. The van der Waals surface area contributed by atoms with Crippen LogP contribution in [0.4, 0.5) is 0 Å². The second-order valence-electron chi connectivity index (χ2n) is 4.22.